The molecular weight excluding hydrogens is 474 g/mol. The van der Waals surface area contributed by atoms with E-state index >= 15 is 0 Å². The lowest BCUT2D eigenvalue weighted by Crippen LogP contribution is -2.30. The molecule has 6 rings (SSSR count). The van der Waals surface area contributed by atoms with Crippen molar-refractivity contribution in [2.75, 3.05) is 11.9 Å². The Bertz CT molecular complexity index is 1580. The van der Waals surface area contributed by atoms with Gasteiger partial charge in [0, 0.05) is 12.6 Å². The summed E-state index contributed by atoms with van der Waals surface area (Å²) in [6.07, 6.45) is 2.98. The fourth-order valence-corrected chi connectivity index (χ4v) is 4.73. The van der Waals surface area contributed by atoms with Crippen molar-refractivity contribution >= 4 is 29.2 Å². The second kappa shape index (κ2) is 9.01. The third kappa shape index (κ3) is 4.35. The minimum Gasteiger partial charge on any atom is -0.482 e. The highest BCUT2D eigenvalue weighted by atomic mass is 16.5. The van der Waals surface area contributed by atoms with Crippen LogP contribution in [0.2, 0.25) is 0 Å². The second-order valence-corrected chi connectivity index (χ2v) is 9.12. The molecule has 11 heteroatoms. The van der Waals surface area contributed by atoms with E-state index < -0.39 is 5.91 Å². The predicted octanol–water partition coefficient (Wildman–Crippen LogP) is 2.11. The van der Waals surface area contributed by atoms with Crippen LogP contribution in [0.5, 0.6) is 5.75 Å². The van der Waals surface area contributed by atoms with E-state index in [9.17, 15) is 14.4 Å². The van der Waals surface area contributed by atoms with Gasteiger partial charge < -0.3 is 20.7 Å². The standard InChI is InChI=1S/C26H23N7O4/c1-14-2-5-17-16(8-14)4-6-18(17)31-25(36)21-10-20(32-26-28-13-29-33(21)26)24(35)27-11-15-3-7-22-19(9-15)30-23(34)12-37-22/h2-3,5,7-10,13,18H,4,6,11-12H2,1H3,(H,27,35)(H,30,34)(H,31,36). The largest absolute Gasteiger partial charge is 0.482 e. The Hall–Kier alpha value is -4.80. The van der Waals surface area contributed by atoms with E-state index in [-0.39, 0.29) is 48.2 Å². The Morgan fingerprint density at radius 2 is 2.05 bits per heavy atom. The molecule has 11 nitrogen and oxygen atoms in total. The van der Waals surface area contributed by atoms with Crippen molar-refractivity contribution in [2.24, 2.45) is 0 Å². The fourth-order valence-electron chi connectivity index (χ4n) is 4.73. The van der Waals surface area contributed by atoms with Gasteiger partial charge in [0.1, 0.15) is 23.5 Å². The van der Waals surface area contributed by atoms with Crippen molar-refractivity contribution in [3.63, 3.8) is 0 Å². The molecule has 3 N–H and O–H groups in total. The monoisotopic (exact) mass is 497 g/mol. The first-order valence-electron chi connectivity index (χ1n) is 11.9. The van der Waals surface area contributed by atoms with Gasteiger partial charge in [-0.25, -0.2) is 4.98 Å². The lowest BCUT2D eigenvalue weighted by molar-refractivity contribution is -0.118. The van der Waals surface area contributed by atoms with Crippen molar-refractivity contribution in [2.45, 2.75) is 32.4 Å². The number of anilines is 1. The van der Waals surface area contributed by atoms with Gasteiger partial charge in [-0.1, -0.05) is 29.8 Å². The molecule has 1 unspecified atom stereocenters. The molecule has 0 bridgehead atoms. The molecule has 0 radical (unpaired) electrons. The molecule has 3 heterocycles. The molecule has 3 amide bonds. The topological polar surface area (TPSA) is 140 Å². The number of hydrogen-bond acceptors (Lipinski definition) is 7. The Labute approximate surface area is 211 Å². The first-order chi connectivity index (χ1) is 17.9. The Morgan fingerprint density at radius 1 is 1.16 bits per heavy atom. The van der Waals surface area contributed by atoms with E-state index in [1.165, 1.54) is 28.0 Å². The van der Waals surface area contributed by atoms with E-state index in [2.05, 4.69) is 50.1 Å². The quantitative estimate of drug-likeness (QED) is 0.384. The SMILES string of the molecule is Cc1ccc2c(c1)CCC2NC(=O)c1cc(C(=O)NCc2ccc3c(c2)NC(=O)CO3)nc2ncnn12. The number of benzene rings is 2. The number of nitrogens with zero attached hydrogens (tertiary/aromatic N) is 4. The third-order valence-corrected chi connectivity index (χ3v) is 6.53. The highest BCUT2D eigenvalue weighted by molar-refractivity contribution is 5.98. The fraction of sp³-hybridized carbons (Fsp3) is 0.231. The van der Waals surface area contributed by atoms with Gasteiger partial charge in [-0.05, 0) is 48.6 Å². The van der Waals surface area contributed by atoms with Gasteiger partial charge in [0.05, 0.1) is 11.7 Å². The molecular formula is C26H23N7O4. The van der Waals surface area contributed by atoms with Crippen LogP contribution >= 0.6 is 0 Å². The highest BCUT2D eigenvalue weighted by Crippen LogP contribution is 2.32. The number of hydrogen-bond donors (Lipinski definition) is 3. The summed E-state index contributed by atoms with van der Waals surface area (Å²) in [7, 11) is 0. The average Bonchev–Trinajstić information content (AvgIpc) is 3.53. The average molecular weight is 498 g/mol. The van der Waals surface area contributed by atoms with Crippen molar-refractivity contribution < 1.29 is 19.1 Å². The minimum atomic E-state index is -0.473. The van der Waals surface area contributed by atoms with Gasteiger partial charge in [-0.2, -0.15) is 14.6 Å². The Kier molecular flexibility index (Phi) is 5.52. The normalized spacial score (nSPS) is 15.9. The van der Waals surface area contributed by atoms with E-state index in [4.69, 9.17) is 4.74 Å². The molecule has 2 aromatic heterocycles. The first kappa shape index (κ1) is 22.7. The van der Waals surface area contributed by atoms with Gasteiger partial charge in [-0.3, -0.25) is 14.4 Å². The van der Waals surface area contributed by atoms with Crippen LogP contribution in [0.1, 0.15) is 55.7 Å². The zero-order valence-electron chi connectivity index (χ0n) is 19.9. The summed E-state index contributed by atoms with van der Waals surface area (Å²) in [4.78, 5) is 46.2. The summed E-state index contributed by atoms with van der Waals surface area (Å²) >= 11 is 0. The predicted molar refractivity (Wildman–Crippen MR) is 132 cm³/mol. The highest BCUT2D eigenvalue weighted by Gasteiger charge is 2.26. The molecule has 1 aliphatic carbocycles. The third-order valence-electron chi connectivity index (χ3n) is 6.53. The van der Waals surface area contributed by atoms with Crippen molar-refractivity contribution in [1.29, 1.82) is 0 Å². The smallest absolute Gasteiger partial charge is 0.270 e. The molecule has 37 heavy (non-hydrogen) atoms. The van der Waals surface area contributed by atoms with Crippen molar-refractivity contribution in [3.8, 4) is 5.75 Å². The van der Waals surface area contributed by atoms with Gasteiger partial charge in [-0.15, -0.1) is 0 Å². The summed E-state index contributed by atoms with van der Waals surface area (Å²) in [6.45, 7) is 2.21. The summed E-state index contributed by atoms with van der Waals surface area (Å²) in [5.74, 6) is -0.352. The number of ether oxygens (including phenoxy) is 1. The zero-order chi connectivity index (χ0) is 25.5. The number of carbonyl (C=O) groups is 3. The number of fused-ring (bicyclic) bond motifs is 3. The van der Waals surface area contributed by atoms with Crippen LogP contribution in [0.15, 0.2) is 48.8 Å². The van der Waals surface area contributed by atoms with E-state index in [1.807, 2.05) is 6.07 Å². The Morgan fingerprint density at radius 3 is 2.95 bits per heavy atom. The number of nitrogens with one attached hydrogen (secondary N) is 3. The van der Waals surface area contributed by atoms with Crippen LogP contribution in [-0.4, -0.2) is 43.9 Å². The summed E-state index contributed by atoms with van der Waals surface area (Å²) < 4.78 is 6.69. The van der Waals surface area contributed by atoms with Crippen LogP contribution in [-0.2, 0) is 17.8 Å². The van der Waals surface area contributed by atoms with Crippen molar-refractivity contribution in [1.82, 2.24) is 30.2 Å². The number of amides is 3. The van der Waals surface area contributed by atoms with Crippen LogP contribution in [0.4, 0.5) is 5.69 Å². The van der Waals surface area contributed by atoms with Gasteiger partial charge in [0.15, 0.2) is 6.61 Å². The van der Waals surface area contributed by atoms with Gasteiger partial charge in [0.2, 0.25) is 0 Å². The van der Waals surface area contributed by atoms with E-state index in [0.29, 0.717) is 11.4 Å². The molecule has 1 atom stereocenters. The molecule has 1 aliphatic heterocycles. The van der Waals surface area contributed by atoms with Crippen molar-refractivity contribution in [3.05, 3.63) is 82.4 Å². The summed E-state index contributed by atoms with van der Waals surface area (Å²) in [6, 6.07) is 12.8. The van der Waals surface area contributed by atoms with Crippen LogP contribution < -0.4 is 20.7 Å². The van der Waals surface area contributed by atoms with E-state index in [1.54, 1.807) is 18.2 Å². The maximum absolute atomic E-state index is 13.3. The van der Waals surface area contributed by atoms with Gasteiger partial charge in [0.25, 0.3) is 23.5 Å². The molecule has 0 spiro atoms. The summed E-state index contributed by atoms with van der Waals surface area (Å²) in [5.41, 5.74) is 5.05. The number of carbonyl (C=O) groups excluding carboxylic acids is 3. The number of aryl methyl sites for hydroxylation is 2. The lowest BCUT2D eigenvalue weighted by atomic mass is 10.1. The molecule has 0 saturated carbocycles. The molecule has 2 aliphatic rings. The molecule has 186 valence electrons. The molecule has 2 aromatic carbocycles. The van der Waals surface area contributed by atoms with Crippen LogP contribution in [0, 0.1) is 6.92 Å². The van der Waals surface area contributed by atoms with E-state index in [0.717, 1.165) is 24.0 Å². The molecule has 4 aromatic rings. The van der Waals surface area contributed by atoms with Crippen LogP contribution in [0.25, 0.3) is 5.78 Å². The van der Waals surface area contributed by atoms with Gasteiger partial charge >= 0.3 is 0 Å². The maximum Gasteiger partial charge on any atom is 0.270 e. The van der Waals surface area contributed by atoms with Crippen LogP contribution in [0.3, 0.4) is 0 Å². The molecule has 0 fully saturated rings. The summed E-state index contributed by atoms with van der Waals surface area (Å²) in [5, 5.41) is 12.7. The second-order valence-electron chi connectivity index (χ2n) is 9.12. The zero-order valence-corrected chi connectivity index (χ0v) is 19.9. The number of aromatic nitrogens is 4. The Balaban J connectivity index is 1.20. The molecule has 0 saturated heterocycles. The lowest BCUT2D eigenvalue weighted by Gasteiger charge is -2.18. The first-order valence-corrected chi connectivity index (χ1v) is 11.9. The minimum absolute atomic E-state index is 0.0251. The maximum atomic E-state index is 13.3. The number of rotatable bonds is 5.